The van der Waals surface area contributed by atoms with Gasteiger partial charge in [-0.05, 0) is 38.2 Å². The van der Waals surface area contributed by atoms with Gasteiger partial charge in [0.25, 0.3) is 0 Å². The molecule has 1 aromatic rings. The maximum Gasteiger partial charge on any atom is 0.410 e. The molecule has 0 aliphatic carbocycles. The summed E-state index contributed by atoms with van der Waals surface area (Å²) in [6.45, 7) is 11.7. The third kappa shape index (κ3) is 7.20. The molecule has 0 aromatic heterocycles. The maximum absolute atomic E-state index is 13.9. The number of likely N-dealkylation sites (N-methyl/N-ethyl adjacent to an activating group) is 1. The molecule has 4 amide bonds. The number of carbonyl (C=O) groups excluding carboxylic acids is 3. The Hall–Kier alpha value is -2.89. The molecular weight excluding hydrogens is 502 g/mol. The van der Waals surface area contributed by atoms with Crippen LogP contribution in [0, 0.1) is 5.41 Å². The first-order chi connectivity index (χ1) is 18.2. The Labute approximate surface area is 231 Å². The number of aliphatic hydroxyl groups excluding tert-OH is 2. The molecule has 11 heteroatoms. The molecule has 2 heterocycles. The molecule has 2 fully saturated rings. The molecular formula is C28H45N5O6. The fraction of sp³-hybridized carbons (Fsp3) is 0.679. The molecule has 0 radical (unpaired) electrons. The summed E-state index contributed by atoms with van der Waals surface area (Å²) in [5, 5.41) is 27.8. The molecule has 3 rings (SSSR count). The zero-order chi connectivity index (χ0) is 29.1. The number of hydrogen-bond donors (Lipinski definition) is 4. The zero-order valence-electron chi connectivity index (χ0n) is 24.1. The molecule has 2 aliphatic rings. The predicted molar refractivity (Wildman–Crippen MR) is 147 cm³/mol. The molecule has 11 nitrogen and oxygen atoms in total. The summed E-state index contributed by atoms with van der Waals surface area (Å²) in [6.07, 6.45) is -2.13. The number of benzene rings is 1. The van der Waals surface area contributed by atoms with Crippen molar-refractivity contribution in [1.82, 2.24) is 25.3 Å². The van der Waals surface area contributed by atoms with E-state index in [1.807, 2.05) is 65.0 Å². The van der Waals surface area contributed by atoms with E-state index in [0.29, 0.717) is 13.0 Å². The van der Waals surface area contributed by atoms with Crippen molar-refractivity contribution in [2.45, 2.75) is 97.1 Å². The minimum absolute atomic E-state index is 0.0421. The number of ether oxygens (including phenoxy) is 1. The van der Waals surface area contributed by atoms with Gasteiger partial charge in [-0.25, -0.2) is 9.59 Å². The highest BCUT2D eigenvalue weighted by Crippen LogP contribution is 2.34. The first-order valence-corrected chi connectivity index (χ1v) is 13.7. The normalized spacial score (nSPS) is 23.3. The van der Waals surface area contributed by atoms with Crippen LogP contribution >= 0.6 is 0 Å². The number of amides is 4. The molecule has 0 saturated carbocycles. The topological polar surface area (TPSA) is 135 Å². The van der Waals surface area contributed by atoms with Gasteiger partial charge in [0.05, 0.1) is 36.8 Å². The van der Waals surface area contributed by atoms with Gasteiger partial charge in [0.1, 0.15) is 12.8 Å². The van der Waals surface area contributed by atoms with Crippen molar-refractivity contribution in [1.29, 1.82) is 0 Å². The van der Waals surface area contributed by atoms with Gasteiger partial charge in [0, 0.05) is 19.6 Å². The zero-order valence-corrected chi connectivity index (χ0v) is 24.1. The molecule has 2 saturated heterocycles. The molecule has 1 aromatic carbocycles. The van der Waals surface area contributed by atoms with Gasteiger partial charge in [0.2, 0.25) is 5.91 Å². The minimum Gasteiger partial charge on any atom is -0.445 e. The summed E-state index contributed by atoms with van der Waals surface area (Å²) in [4.78, 5) is 43.7. The van der Waals surface area contributed by atoms with Crippen molar-refractivity contribution < 1.29 is 29.3 Å². The fourth-order valence-corrected chi connectivity index (χ4v) is 5.24. The van der Waals surface area contributed by atoms with E-state index in [1.54, 1.807) is 16.7 Å². The highest BCUT2D eigenvalue weighted by atomic mass is 16.6. The molecule has 39 heavy (non-hydrogen) atoms. The van der Waals surface area contributed by atoms with E-state index < -0.39 is 42.0 Å². The number of nitrogens with zero attached hydrogens (tertiary/aromatic N) is 3. The van der Waals surface area contributed by atoms with Crippen LogP contribution in [0.15, 0.2) is 30.3 Å². The summed E-state index contributed by atoms with van der Waals surface area (Å²) >= 11 is 0. The van der Waals surface area contributed by atoms with Crippen molar-refractivity contribution in [2.24, 2.45) is 5.41 Å². The van der Waals surface area contributed by atoms with Crippen LogP contribution in [-0.4, -0.2) is 106 Å². The van der Waals surface area contributed by atoms with E-state index in [4.69, 9.17) is 4.74 Å². The Morgan fingerprint density at radius 2 is 1.77 bits per heavy atom. The number of β-amino-alcohol motifs (C(OH)–C–C–N with tert-alkyl or cyclic N) is 1. The highest BCUT2D eigenvalue weighted by Gasteiger charge is 2.53. The van der Waals surface area contributed by atoms with Crippen molar-refractivity contribution in [3.63, 3.8) is 0 Å². The van der Waals surface area contributed by atoms with Gasteiger partial charge in [-0.15, -0.1) is 0 Å². The average Bonchev–Trinajstić information content (AvgIpc) is 3.45. The Kier molecular flexibility index (Phi) is 9.84. The Balaban J connectivity index is 1.66. The van der Waals surface area contributed by atoms with Crippen LogP contribution in [0.3, 0.4) is 0 Å². The van der Waals surface area contributed by atoms with Gasteiger partial charge in [-0.3, -0.25) is 10.1 Å². The molecule has 4 N–H and O–H groups in total. The maximum atomic E-state index is 13.9. The lowest BCUT2D eigenvalue weighted by atomic mass is 9.85. The summed E-state index contributed by atoms with van der Waals surface area (Å²) in [7, 11) is 1.54. The van der Waals surface area contributed by atoms with Crippen molar-refractivity contribution in [2.75, 3.05) is 20.1 Å². The molecule has 0 spiro atoms. The lowest BCUT2D eigenvalue weighted by Gasteiger charge is -2.39. The van der Waals surface area contributed by atoms with Gasteiger partial charge in [0.15, 0.2) is 0 Å². The van der Waals surface area contributed by atoms with Gasteiger partial charge in [-0.1, -0.05) is 51.1 Å². The first-order valence-electron chi connectivity index (χ1n) is 13.7. The van der Waals surface area contributed by atoms with E-state index in [0.717, 1.165) is 5.56 Å². The highest BCUT2D eigenvalue weighted by molar-refractivity contribution is 5.84. The number of aliphatic hydroxyl groups is 2. The van der Waals surface area contributed by atoms with E-state index in [2.05, 4.69) is 10.6 Å². The van der Waals surface area contributed by atoms with Crippen LogP contribution in [0.5, 0.6) is 0 Å². The SMILES string of the molecule is CC(C)NC(=O)N1C[C@H](O)[C@@H]2[C@H]1CCN2C(=O)[C@@H](NC(O)[C@H](C)N(C)C(=O)OCc1ccccc1)C(C)(C)C. The molecule has 0 bridgehead atoms. The Morgan fingerprint density at radius 3 is 2.36 bits per heavy atom. The van der Waals surface area contributed by atoms with Crippen LogP contribution in [0.4, 0.5) is 9.59 Å². The van der Waals surface area contributed by atoms with E-state index in [9.17, 15) is 24.6 Å². The smallest absolute Gasteiger partial charge is 0.410 e. The van der Waals surface area contributed by atoms with Gasteiger partial charge >= 0.3 is 12.1 Å². The largest absolute Gasteiger partial charge is 0.445 e. The Bertz CT molecular complexity index is 1000. The number of nitrogens with one attached hydrogen (secondary N) is 2. The summed E-state index contributed by atoms with van der Waals surface area (Å²) in [5.41, 5.74) is 0.253. The average molecular weight is 548 g/mol. The lowest BCUT2D eigenvalue weighted by molar-refractivity contribution is -0.140. The van der Waals surface area contributed by atoms with Crippen LogP contribution in [0.2, 0.25) is 0 Å². The molecule has 1 unspecified atom stereocenters. The number of likely N-dealkylation sites (tertiary alicyclic amines) is 2. The molecule has 6 atom stereocenters. The summed E-state index contributed by atoms with van der Waals surface area (Å²) in [6, 6.07) is 6.70. The van der Waals surface area contributed by atoms with Crippen molar-refractivity contribution in [3.8, 4) is 0 Å². The number of urea groups is 1. The summed E-state index contributed by atoms with van der Waals surface area (Å²) < 4.78 is 5.38. The summed E-state index contributed by atoms with van der Waals surface area (Å²) in [5.74, 6) is -0.263. The van der Waals surface area contributed by atoms with Crippen molar-refractivity contribution >= 4 is 18.0 Å². The molecule has 2 aliphatic heterocycles. The quantitative estimate of drug-likeness (QED) is 0.364. The predicted octanol–water partition coefficient (Wildman–Crippen LogP) is 1.73. The third-order valence-electron chi connectivity index (χ3n) is 7.57. The number of rotatable bonds is 8. The van der Waals surface area contributed by atoms with Crippen molar-refractivity contribution in [3.05, 3.63) is 35.9 Å². The van der Waals surface area contributed by atoms with E-state index >= 15 is 0 Å². The first kappa shape index (κ1) is 30.6. The van der Waals surface area contributed by atoms with E-state index in [1.165, 1.54) is 11.9 Å². The second kappa shape index (κ2) is 12.5. The molecule has 218 valence electrons. The van der Waals surface area contributed by atoms with Crippen LogP contribution in [0.25, 0.3) is 0 Å². The van der Waals surface area contributed by atoms with Gasteiger partial charge in [-0.2, -0.15) is 0 Å². The monoisotopic (exact) mass is 547 g/mol. The number of carbonyl (C=O) groups is 3. The van der Waals surface area contributed by atoms with Crippen LogP contribution < -0.4 is 10.6 Å². The van der Waals surface area contributed by atoms with E-state index in [-0.39, 0.29) is 37.2 Å². The van der Waals surface area contributed by atoms with Gasteiger partial charge < -0.3 is 35.0 Å². The fourth-order valence-electron chi connectivity index (χ4n) is 5.24. The third-order valence-corrected chi connectivity index (χ3v) is 7.57. The standard InChI is InChI=1S/C28H45N5O6/c1-17(2)29-26(37)33-15-21(34)22-20(33)13-14-32(22)25(36)23(28(4,5)6)30-24(35)18(3)31(7)27(38)39-16-19-11-9-8-10-12-19/h8-12,17-18,20-24,30,34-35H,13-16H2,1-7H3,(H,29,37)/t18-,20+,21-,22-,23+,24?/m0/s1. The lowest BCUT2D eigenvalue weighted by Crippen LogP contribution is -2.61. The Morgan fingerprint density at radius 1 is 1.13 bits per heavy atom. The second-order valence-corrected chi connectivity index (χ2v) is 12.0. The van der Waals surface area contributed by atoms with Crippen LogP contribution in [0.1, 0.15) is 53.5 Å². The number of fused-ring (bicyclic) bond motifs is 1. The number of hydrogen-bond acceptors (Lipinski definition) is 7. The van der Waals surface area contributed by atoms with Crippen LogP contribution in [-0.2, 0) is 16.1 Å². The second-order valence-electron chi connectivity index (χ2n) is 12.0. The minimum atomic E-state index is -1.23.